The molecule has 1 amide bonds. The van der Waals surface area contributed by atoms with Crippen LogP contribution in [0.4, 0.5) is 5.69 Å². The van der Waals surface area contributed by atoms with Crippen LogP contribution in [0.2, 0.25) is 0 Å². The smallest absolute Gasteiger partial charge is 0.356 e. The first kappa shape index (κ1) is 20.2. The Morgan fingerprint density at radius 3 is 2.75 bits per heavy atom. The molecular weight excluding hydrogens is 408 g/mol. The Labute approximate surface area is 170 Å². The summed E-state index contributed by atoms with van der Waals surface area (Å²) in [5.41, 5.74) is 0.568. The molecule has 0 radical (unpaired) electrons. The van der Waals surface area contributed by atoms with Crippen LogP contribution in [-0.4, -0.2) is 64.2 Å². The fourth-order valence-electron chi connectivity index (χ4n) is 2.69. The second kappa shape index (κ2) is 8.19. The van der Waals surface area contributed by atoms with Crippen LogP contribution in [0.25, 0.3) is 0 Å². The summed E-state index contributed by atoms with van der Waals surface area (Å²) >= 11 is 7.63. The van der Waals surface area contributed by atoms with Gasteiger partial charge in [-0.15, -0.1) is 11.8 Å². The number of benzene rings is 1. The Morgan fingerprint density at radius 2 is 2.14 bits per heavy atom. The van der Waals surface area contributed by atoms with Gasteiger partial charge in [-0.25, -0.2) is 4.79 Å². The van der Waals surface area contributed by atoms with Crippen LogP contribution in [0, 0.1) is 10.1 Å². The Kier molecular flexibility index (Phi) is 5.90. The molecule has 0 saturated carbocycles. The molecule has 3 rings (SSSR count). The molecule has 9 nitrogen and oxygen atoms in total. The number of esters is 1. The number of nitro groups is 1. The Bertz CT molecular complexity index is 871. The number of carbonyl (C=O) groups excluding carboxylic acids is 2. The summed E-state index contributed by atoms with van der Waals surface area (Å²) in [5.74, 6) is -0.640. The number of ether oxygens (including phenoxy) is 1. The van der Waals surface area contributed by atoms with E-state index >= 15 is 0 Å². The molecule has 1 fully saturated rings. The summed E-state index contributed by atoms with van der Waals surface area (Å²) in [5, 5.41) is 10.6. The van der Waals surface area contributed by atoms with Crippen molar-refractivity contribution in [2.75, 3.05) is 19.8 Å². The van der Waals surface area contributed by atoms with E-state index in [1.165, 1.54) is 40.9 Å². The van der Waals surface area contributed by atoms with Crippen LogP contribution >= 0.6 is 23.4 Å². The van der Waals surface area contributed by atoms with Crippen LogP contribution in [0.1, 0.15) is 5.56 Å². The van der Waals surface area contributed by atoms with Crippen molar-refractivity contribution in [3.05, 3.63) is 50.7 Å². The predicted molar refractivity (Wildman–Crippen MR) is 105 cm³/mol. The molecule has 1 saturated heterocycles. The lowest BCUT2D eigenvalue weighted by Gasteiger charge is -2.47. The van der Waals surface area contributed by atoms with E-state index in [1.807, 2.05) is 0 Å². The van der Waals surface area contributed by atoms with Crippen LogP contribution in [0.3, 0.4) is 0 Å². The summed E-state index contributed by atoms with van der Waals surface area (Å²) in [6, 6.07) is 5.10. The normalized spacial score (nSPS) is 21.4. The van der Waals surface area contributed by atoms with Gasteiger partial charge < -0.3 is 9.64 Å². The van der Waals surface area contributed by atoms with E-state index in [4.69, 9.17) is 16.3 Å². The molecule has 0 unspecified atom stereocenters. The lowest BCUT2D eigenvalue weighted by Crippen LogP contribution is -2.64. The van der Waals surface area contributed by atoms with Crippen LogP contribution in [-0.2, 0) is 20.9 Å². The lowest BCUT2D eigenvalue weighted by atomic mass is 10.1. The number of thioether (sulfide) groups is 1. The monoisotopic (exact) mass is 424 g/mol. The molecule has 2 aliphatic rings. The molecule has 2 heterocycles. The van der Waals surface area contributed by atoms with Crippen LogP contribution < -0.4 is 0 Å². The molecule has 11 heteroatoms. The maximum atomic E-state index is 12.5. The van der Waals surface area contributed by atoms with Gasteiger partial charge in [0.2, 0.25) is 0 Å². The number of fused-ring (bicyclic) bond motifs is 1. The van der Waals surface area contributed by atoms with E-state index in [0.29, 0.717) is 11.3 Å². The molecular formula is C17H17ClN4O5S. The Morgan fingerprint density at radius 1 is 1.46 bits per heavy atom. The number of β-lactam (4-membered cyclic amide) rings is 1. The highest BCUT2D eigenvalue weighted by Crippen LogP contribution is 2.42. The largest absolute Gasteiger partial charge is 0.456 e. The van der Waals surface area contributed by atoms with E-state index in [0.717, 1.165) is 0 Å². The molecule has 0 aliphatic carbocycles. The van der Waals surface area contributed by atoms with E-state index in [1.54, 1.807) is 25.3 Å². The van der Waals surface area contributed by atoms with Crippen LogP contribution in [0.15, 0.2) is 40.0 Å². The lowest BCUT2D eigenvalue weighted by molar-refractivity contribution is -0.384. The molecule has 1 aromatic rings. The topological polar surface area (TPSA) is 105 Å². The molecule has 28 heavy (non-hydrogen) atoms. The number of carbonyl (C=O) groups is 2. The molecule has 0 N–H and O–H groups in total. The van der Waals surface area contributed by atoms with Crippen molar-refractivity contribution in [3.63, 3.8) is 0 Å². The second-order valence-electron chi connectivity index (χ2n) is 6.34. The molecule has 1 aromatic carbocycles. The summed E-state index contributed by atoms with van der Waals surface area (Å²) in [6.07, 6.45) is 1.56. The van der Waals surface area contributed by atoms with Gasteiger partial charge in [0, 0.05) is 32.0 Å². The van der Waals surface area contributed by atoms with Gasteiger partial charge in [0.1, 0.15) is 17.7 Å². The van der Waals surface area contributed by atoms with E-state index in [9.17, 15) is 19.7 Å². The zero-order chi connectivity index (χ0) is 20.4. The zero-order valence-electron chi connectivity index (χ0n) is 15.1. The van der Waals surface area contributed by atoms with Gasteiger partial charge in [-0.05, 0) is 17.7 Å². The Hall–Kier alpha value is -2.59. The molecule has 2 atom stereocenters. The van der Waals surface area contributed by atoms with Crippen LogP contribution in [0.5, 0.6) is 0 Å². The van der Waals surface area contributed by atoms with Gasteiger partial charge in [0.25, 0.3) is 11.6 Å². The van der Waals surface area contributed by atoms with Crippen molar-refractivity contribution in [2.45, 2.75) is 18.0 Å². The number of hydrogen-bond donors (Lipinski definition) is 0. The highest BCUT2D eigenvalue weighted by Gasteiger charge is 2.53. The average molecular weight is 425 g/mol. The van der Waals surface area contributed by atoms with Crippen molar-refractivity contribution in [3.8, 4) is 0 Å². The summed E-state index contributed by atoms with van der Waals surface area (Å²) in [4.78, 5) is 42.5. The third kappa shape index (κ3) is 3.97. The predicted octanol–water partition coefficient (Wildman–Crippen LogP) is 1.96. The highest BCUT2D eigenvalue weighted by atomic mass is 35.5. The van der Waals surface area contributed by atoms with Gasteiger partial charge in [-0.2, -0.15) is 0 Å². The van der Waals surface area contributed by atoms with Crippen molar-refractivity contribution in [1.29, 1.82) is 0 Å². The summed E-state index contributed by atoms with van der Waals surface area (Å²) in [7, 11) is 3.60. The van der Waals surface area contributed by atoms with E-state index in [-0.39, 0.29) is 34.3 Å². The number of rotatable bonds is 6. The van der Waals surface area contributed by atoms with Crippen molar-refractivity contribution < 1.29 is 19.2 Å². The van der Waals surface area contributed by atoms with E-state index < -0.39 is 16.9 Å². The maximum absolute atomic E-state index is 12.5. The third-order valence-corrected chi connectivity index (χ3v) is 5.80. The summed E-state index contributed by atoms with van der Waals surface area (Å²) in [6.45, 7) is -0.0907. The first-order chi connectivity index (χ1) is 13.3. The zero-order valence-corrected chi connectivity index (χ0v) is 16.6. The van der Waals surface area contributed by atoms with Gasteiger partial charge in [-0.1, -0.05) is 11.6 Å². The number of non-ortho nitro benzene ring substituents is 1. The third-order valence-electron chi connectivity index (χ3n) is 4.06. The Balaban J connectivity index is 1.67. The molecule has 148 valence electrons. The average Bonchev–Trinajstić information content (AvgIpc) is 2.66. The number of nitro benzene ring substituents is 1. The maximum Gasteiger partial charge on any atom is 0.356 e. The molecule has 0 spiro atoms. The second-order valence-corrected chi connectivity index (χ2v) is 7.90. The van der Waals surface area contributed by atoms with Crippen molar-refractivity contribution in [2.24, 2.45) is 4.99 Å². The summed E-state index contributed by atoms with van der Waals surface area (Å²) < 4.78 is 5.27. The van der Waals surface area contributed by atoms with Crippen molar-refractivity contribution >= 4 is 47.3 Å². The minimum Gasteiger partial charge on any atom is -0.456 e. The van der Waals surface area contributed by atoms with E-state index in [2.05, 4.69) is 4.99 Å². The van der Waals surface area contributed by atoms with Crippen molar-refractivity contribution in [1.82, 2.24) is 9.80 Å². The molecule has 2 aliphatic heterocycles. The minimum atomic E-state index is -0.711. The van der Waals surface area contributed by atoms with Gasteiger partial charge in [0.05, 0.1) is 16.3 Å². The fraction of sp³-hybridized carbons (Fsp3) is 0.353. The SMILES string of the molecule is CN(C)C=N[C@@H]1C(=O)N2C(C(=O)OCc3ccc([N+](=O)[O-])cc3)=C(Cl)CS[C@@H]12. The number of halogens is 1. The van der Waals surface area contributed by atoms with Gasteiger partial charge >= 0.3 is 5.97 Å². The quantitative estimate of drug-likeness (QED) is 0.171. The number of aliphatic imine (C=N–C) groups is 1. The number of hydrogen-bond acceptors (Lipinski definition) is 7. The highest BCUT2D eigenvalue weighted by molar-refractivity contribution is 8.00. The molecule has 0 bridgehead atoms. The number of nitrogens with zero attached hydrogens (tertiary/aromatic N) is 4. The standard InChI is InChI=1S/C17H17ClN4O5S/c1-20(2)9-19-13-15(23)21-14(12(18)8-28-16(13)21)17(24)27-7-10-3-5-11(6-4-10)22(25)26/h3-6,9,13,16H,7-8H2,1-2H3/t13-,16+/m1/s1. The van der Waals surface area contributed by atoms with Gasteiger partial charge in [-0.3, -0.25) is 24.8 Å². The minimum absolute atomic E-state index is 0.0358. The first-order valence-electron chi connectivity index (χ1n) is 8.23. The molecule has 0 aromatic heterocycles. The first-order valence-corrected chi connectivity index (χ1v) is 9.65. The fourth-order valence-corrected chi connectivity index (χ4v) is 4.23. The van der Waals surface area contributed by atoms with Gasteiger partial charge in [0.15, 0.2) is 6.04 Å². The number of amides is 1.